The van der Waals surface area contributed by atoms with Crippen molar-refractivity contribution in [3.63, 3.8) is 0 Å². The van der Waals surface area contributed by atoms with E-state index in [1.807, 2.05) is 23.1 Å². The number of hydrogen-bond donors (Lipinski definition) is 2. The highest BCUT2D eigenvalue weighted by Gasteiger charge is 2.65. The van der Waals surface area contributed by atoms with Gasteiger partial charge in [0.15, 0.2) is 0 Å². The average molecular weight is 691 g/mol. The number of rotatable bonds is 7. The Labute approximate surface area is 288 Å². The smallest absolute Gasteiger partial charge is 0.388 e. The van der Waals surface area contributed by atoms with Crippen molar-refractivity contribution in [3.8, 4) is 21.9 Å². The van der Waals surface area contributed by atoms with E-state index in [2.05, 4.69) is 27.6 Å². The van der Waals surface area contributed by atoms with Crippen molar-refractivity contribution < 1.29 is 13.6 Å². The summed E-state index contributed by atoms with van der Waals surface area (Å²) in [5.74, 6) is 0.302. The lowest BCUT2D eigenvalue weighted by Gasteiger charge is -2.37. The first-order valence-electron chi connectivity index (χ1n) is 16.5. The number of nitrogens with one attached hydrogen (secondary N) is 2. The highest BCUT2D eigenvalue weighted by Crippen LogP contribution is 2.63. The molecule has 9 nitrogen and oxygen atoms in total. The van der Waals surface area contributed by atoms with Gasteiger partial charge in [-0.25, -0.2) is 19.3 Å². The topological polar surface area (TPSA) is 117 Å². The number of fused-ring (bicyclic) bond motifs is 3. The van der Waals surface area contributed by atoms with E-state index in [1.165, 1.54) is 23.3 Å². The number of hydrogen-bond acceptors (Lipinski definition) is 8. The van der Waals surface area contributed by atoms with Gasteiger partial charge in [-0.2, -0.15) is 0 Å². The minimum atomic E-state index is -0.691. The molecule has 11 rings (SSSR count). The summed E-state index contributed by atoms with van der Waals surface area (Å²) >= 11 is 7.83. The lowest BCUT2D eigenvalue weighted by Crippen LogP contribution is -2.40. The summed E-state index contributed by atoms with van der Waals surface area (Å²) in [6.45, 7) is 0.713. The second-order valence-corrected chi connectivity index (χ2v) is 15.1. The number of H-pyrrole nitrogens is 1. The summed E-state index contributed by atoms with van der Waals surface area (Å²) in [4.78, 5) is 39.6. The molecule has 2 aromatic carbocycles. The van der Waals surface area contributed by atoms with Crippen molar-refractivity contribution >= 4 is 44.7 Å². The zero-order chi connectivity index (χ0) is 33.0. The Morgan fingerprint density at radius 1 is 1.06 bits per heavy atom. The van der Waals surface area contributed by atoms with Gasteiger partial charge in [0, 0.05) is 28.2 Å². The normalized spacial score (nSPS) is 21.6. The molecule has 12 heteroatoms. The SMILES string of the molecule is O=C1c2c(nc(CCc3ccc(F)cc3)c(-c3n[nH]c(=O)o3)c2-c2cc3ccnc(N[C@H]4CCc5cc(Cl)ccc54)c3s2)C23CC(CN12)C3. The van der Waals surface area contributed by atoms with Gasteiger partial charge in [-0.05, 0) is 103 Å². The van der Waals surface area contributed by atoms with Gasteiger partial charge in [-0.15, -0.1) is 16.4 Å². The molecule has 3 aliphatic heterocycles. The van der Waals surface area contributed by atoms with Gasteiger partial charge in [0.2, 0.25) is 0 Å². The number of pyridine rings is 2. The first kappa shape index (κ1) is 29.1. The number of nitrogens with zero attached hydrogens (tertiary/aromatic N) is 4. The maximum atomic E-state index is 14.4. The number of halogens is 2. The third-order valence-electron chi connectivity index (χ3n) is 10.8. The number of amides is 1. The zero-order valence-corrected chi connectivity index (χ0v) is 27.6. The summed E-state index contributed by atoms with van der Waals surface area (Å²) in [6.07, 6.45) is 6.48. The van der Waals surface area contributed by atoms with Gasteiger partial charge < -0.3 is 14.6 Å². The van der Waals surface area contributed by atoms with Crippen LogP contribution in [-0.2, 0) is 24.8 Å². The molecular formula is C37H28ClFN6O3S. The average Bonchev–Trinajstić information content (AvgIpc) is 3.93. The summed E-state index contributed by atoms with van der Waals surface area (Å²) in [7, 11) is 0. The Morgan fingerprint density at radius 2 is 1.92 bits per heavy atom. The maximum Gasteiger partial charge on any atom is 0.434 e. The van der Waals surface area contributed by atoms with E-state index in [4.69, 9.17) is 26.0 Å². The van der Waals surface area contributed by atoms with Gasteiger partial charge in [0.25, 0.3) is 11.8 Å². The van der Waals surface area contributed by atoms with Crippen molar-refractivity contribution in [1.29, 1.82) is 0 Å². The van der Waals surface area contributed by atoms with E-state index in [-0.39, 0.29) is 23.7 Å². The van der Waals surface area contributed by atoms with Gasteiger partial charge in [-0.3, -0.25) is 9.78 Å². The first-order chi connectivity index (χ1) is 23.8. The van der Waals surface area contributed by atoms with E-state index in [0.29, 0.717) is 47.7 Å². The van der Waals surface area contributed by atoms with Crippen LogP contribution in [0.5, 0.6) is 0 Å². The monoisotopic (exact) mass is 690 g/mol. The van der Waals surface area contributed by atoms with Crippen molar-refractivity contribution in [1.82, 2.24) is 25.1 Å². The lowest BCUT2D eigenvalue weighted by molar-refractivity contribution is 0.0637. The fraction of sp³-hybridized carbons (Fsp3) is 0.270. The van der Waals surface area contributed by atoms with E-state index in [0.717, 1.165) is 62.7 Å². The molecule has 7 heterocycles. The summed E-state index contributed by atoms with van der Waals surface area (Å²) in [5, 5.41) is 12.1. The molecular weight excluding hydrogens is 663 g/mol. The Hall–Kier alpha value is -4.87. The number of aromatic amines is 1. The van der Waals surface area contributed by atoms with Crippen LogP contribution in [0.25, 0.3) is 32.0 Å². The molecule has 1 atom stereocenters. The fourth-order valence-electron chi connectivity index (χ4n) is 8.59. The Bertz CT molecular complexity index is 2410. The molecule has 1 saturated carbocycles. The predicted molar refractivity (Wildman–Crippen MR) is 184 cm³/mol. The number of aromatic nitrogens is 4. The maximum absolute atomic E-state index is 14.4. The van der Waals surface area contributed by atoms with Crippen LogP contribution in [0, 0.1) is 11.7 Å². The summed E-state index contributed by atoms with van der Waals surface area (Å²) in [5.41, 5.74) is 6.24. The molecule has 4 aromatic heterocycles. The molecule has 0 unspecified atom stereocenters. The summed E-state index contributed by atoms with van der Waals surface area (Å²) in [6, 6.07) is 16.6. The molecule has 3 fully saturated rings. The van der Waals surface area contributed by atoms with Crippen LogP contribution in [0.2, 0.25) is 5.02 Å². The predicted octanol–water partition coefficient (Wildman–Crippen LogP) is 7.45. The second kappa shape index (κ2) is 10.6. The van der Waals surface area contributed by atoms with Crippen LogP contribution >= 0.6 is 22.9 Å². The van der Waals surface area contributed by atoms with Crippen LogP contribution in [0.1, 0.15) is 63.7 Å². The molecule has 6 aromatic rings. The van der Waals surface area contributed by atoms with Crippen molar-refractivity contribution in [2.24, 2.45) is 5.92 Å². The Balaban J connectivity index is 1.15. The Morgan fingerprint density at radius 3 is 2.73 bits per heavy atom. The molecule has 49 heavy (non-hydrogen) atoms. The van der Waals surface area contributed by atoms with Crippen molar-refractivity contribution in [3.05, 3.63) is 116 Å². The van der Waals surface area contributed by atoms with Crippen LogP contribution in [0.4, 0.5) is 10.2 Å². The Kier molecular flexibility index (Phi) is 6.27. The van der Waals surface area contributed by atoms with Gasteiger partial charge in [0.1, 0.15) is 11.6 Å². The molecule has 2 aliphatic carbocycles. The van der Waals surface area contributed by atoms with Crippen LogP contribution in [-0.4, -0.2) is 37.5 Å². The molecule has 0 radical (unpaired) electrons. The molecule has 1 spiro atoms. The number of carbonyl (C=O) groups excluding carboxylic acids is 1. The van der Waals surface area contributed by atoms with Crippen molar-refractivity contribution in [2.45, 2.75) is 50.1 Å². The third kappa shape index (κ3) is 4.38. The van der Waals surface area contributed by atoms with Gasteiger partial charge >= 0.3 is 5.76 Å². The van der Waals surface area contributed by atoms with E-state index in [1.54, 1.807) is 29.7 Å². The second-order valence-electron chi connectivity index (χ2n) is 13.6. The zero-order valence-electron chi connectivity index (χ0n) is 26.1. The number of thiophene rings is 1. The lowest BCUT2D eigenvalue weighted by atomic mass is 9.71. The molecule has 2 N–H and O–H groups in total. The quantitative estimate of drug-likeness (QED) is 0.179. The third-order valence-corrected chi connectivity index (χ3v) is 12.2. The number of carbonyl (C=O) groups is 1. The first-order valence-corrected chi connectivity index (χ1v) is 17.7. The standard InChI is InChI=1S/C37H28ClFN6O3S/c38-22-5-8-24-20(13-22)4-10-25(24)42-33-31-21(11-12-40-33)14-27(49-31)29-28(34-43-44-36(47)48-34)26(9-3-18-1-6-23(39)7-2-18)41-32-30(29)35(46)45-17-19-15-37(32,45)16-19/h1-2,5-8,11-14,19,25H,3-4,9-10,15-17H2,(H,40,42)(H,44,47)/t19?,25-,37?/m0/s1. The molecule has 2 saturated heterocycles. The number of aryl methyl sites for hydroxylation is 3. The van der Waals surface area contributed by atoms with E-state index < -0.39 is 11.3 Å². The van der Waals surface area contributed by atoms with Crippen LogP contribution in [0.3, 0.4) is 0 Å². The van der Waals surface area contributed by atoms with Crippen LogP contribution < -0.4 is 11.1 Å². The molecule has 5 aliphatic rings. The number of anilines is 1. The highest BCUT2D eigenvalue weighted by molar-refractivity contribution is 7.23. The van der Waals surface area contributed by atoms with Gasteiger partial charge in [-0.1, -0.05) is 29.8 Å². The molecule has 2 bridgehead atoms. The number of benzene rings is 2. The van der Waals surface area contributed by atoms with E-state index >= 15 is 0 Å². The minimum absolute atomic E-state index is 0.0446. The highest BCUT2D eigenvalue weighted by atomic mass is 35.5. The summed E-state index contributed by atoms with van der Waals surface area (Å²) < 4.78 is 20.3. The molecule has 244 valence electrons. The largest absolute Gasteiger partial charge is 0.434 e. The van der Waals surface area contributed by atoms with E-state index in [9.17, 15) is 14.0 Å². The molecule has 1 amide bonds. The minimum Gasteiger partial charge on any atom is -0.388 e. The fourth-order valence-corrected chi connectivity index (χ4v) is 9.95. The van der Waals surface area contributed by atoms with Crippen LogP contribution in [0.15, 0.2) is 70.0 Å². The van der Waals surface area contributed by atoms with Gasteiger partial charge in [0.05, 0.1) is 38.8 Å². The van der Waals surface area contributed by atoms with Crippen molar-refractivity contribution in [2.75, 3.05) is 11.9 Å².